The third-order valence-electron chi connectivity index (χ3n) is 2.72. The van der Waals surface area contributed by atoms with Crippen LogP contribution in [0.4, 0.5) is 0 Å². The average Bonchev–Trinajstić information content (AvgIpc) is 2.52. The number of carbonyl (C=O) groups is 1. The maximum Gasteiger partial charge on any atom is 0.335 e. The molecule has 2 N–H and O–H groups in total. The van der Waals surface area contributed by atoms with Crippen LogP contribution in [0.3, 0.4) is 0 Å². The number of nitrogens with one attached hydrogen (secondary N) is 1. The predicted molar refractivity (Wildman–Crippen MR) is 76.6 cm³/mol. The Labute approximate surface area is 121 Å². The lowest BCUT2D eigenvalue weighted by Crippen LogP contribution is -2.23. The molecule has 0 saturated carbocycles. The third kappa shape index (κ3) is 4.06. The van der Waals surface area contributed by atoms with Crippen LogP contribution in [-0.4, -0.2) is 17.6 Å². The van der Waals surface area contributed by atoms with Crippen LogP contribution in [0.5, 0.6) is 0 Å². The van der Waals surface area contributed by atoms with E-state index < -0.39 is 5.63 Å². The minimum Gasteiger partial charge on any atom is -0.430 e. The molecule has 0 bridgehead atoms. The fourth-order valence-corrected chi connectivity index (χ4v) is 1.70. The first-order chi connectivity index (χ1) is 10.2. The monoisotopic (exact) mass is 283 g/mol. The zero-order chi connectivity index (χ0) is 15.1. The van der Waals surface area contributed by atoms with E-state index in [2.05, 4.69) is 21.6 Å². The number of aliphatic hydroxyl groups excluding tert-OH is 1. The van der Waals surface area contributed by atoms with Crippen molar-refractivity contribution in [3.63, 3.8) is 0 Å². The number of hydrogen-bond acceptors (Lipinski definition) is 4. The van der Waals surface area contributed by atoms with Gasteiger partial charge in [-0.25, -0.2) is 4.79 Å². The highest BCUT2D eigenvalue weighted by Crippen LogP contribution is 2.07. The summed E-state index contributed by atoms with van der Waals surface area (Å²) in [7, 11) is 0. The second kappa shape index (κ2) is 7.08. The second-order valence-corrected chi connectivity index (χ2v) is 4.14. The third-order valence-corrected chi connectivity index (χ3v) is 2.72. The van der Waals surface area contributed by atoms with Crippen molar-refractivity contribution in [1.29, 1.82) is 0 Å². The summed E-state index contributed by atoms with van der Waals surface area (Å²) in [5.41, 5.74) is 1.35. The van der Waals surface area contributed by atoms with Gasteiger partial charge in [0.2, 0.25) is 0 Å². The van der Waals surface area contributed by atoms with Gasteiger partial charge in [0.25, 0.3) is 5.91 Å². The molecule has 5 heteroatoms. The fourth-order valence-electron chi connectivity index (χ4n) is 1.70. The summed E-state index contributed by atoms with van der Waals surface area (Å²) in [6.07, 6.45) is 1.12. The Kier molecular flexibility index (Phi) is 4.91. The first kappa shape index (κ1) is 14.6. The zero-order valence-electron chi connectivity index (χ0n) is 11.1. The highest BCUT2D eigenvalue weighted by atomic mass is 16.4. The molecular weight excluding hydrogens is 270 g/mol. The summed E-state index contributed by atoms with van der Waals surface area (Å²) in [6, 6.07) is 9.92. The molecule has 1 heterocycles. The predicted octanol–water partition coefficient (Wildman–Crippen LogP) is 0.914. The van der Waals surface area contributed by atoms with Gasteiger partial charge < -0.3 is 14.8 Å². The molecule has 0 aliphatic carbocycles. The largest absolute Gasteiger partial charge is 0.430 e. The molecule has 0 spiro atoms. The van der Waals surface area contributed by atoms with E-state index in [9.17, 15) is 9.59 Å². The van der Waals surface area contributed by atoms with Crippen molar-refractivity contribution in [2.24, 2.45) is 0 Å². The van der Waals surface area contributed by atoms with Crippen LogP contribution in [-0.2, 0) is 6.54 Å². The van der Waals surface area contributed by atoms with E-state index in [-0.39, 0.29) is 24.6 Å². The Morgan fingerprint density at radius 3 is 2.76 bits per heavy atom. The topological polar surface area (TPSA) is 79.5 Å². The molecule has 0 aliphatic rings. The Balaban J connectivity index is 2.08. The molecule has 5 nitrogen and oxygen atoms in total. The Hall–Kier alpha value is -2.84. The van der Waals surface area contributed by atoms with Gasteiger partial charge in [-0.1, -0.05) is 30.0 Å². The molecule has 2 aromatic rings. The highest BCUT2D eigenvalue weighted by Gasteiger charge is 2.07. The lowest BCUT2D eigenvalue weighted by atomic mass is 10.1. The summed E-state index contributed by atoms with van der Waals surface area (Å²) in [5, 5.41) is 11.4. The summed E-state index contributed by atoms with van der Waals surface area (Å²) in [4.78, 5) is 22.7. The van der Waals surface area contributed by atoms with Crippen LogP contribution in [0, 0.1) is 11.8 Å². The number of rotatable bonds is 3. The first-order valence-electron chi connectivity index (χ1n) is 6.25. The number of benzene rings is 1. The lowest BCUT2D eigenvalue weighted by Gasteiger charge is -2.06. The summed E-state index contributed by atoms with van der Waals surface area (Å²) in [6.45, 7) is 0.0674. The van der Waals surface area contributed by atoms with Crippen LogP contribution in [0.2, 0.25) is 0 Å². The number of amides is 1. The van der Waals surface area contributed by atoms with Crippen LogP contribution < -0.4 is 10.9 Å². The molecule has 2 rings (SSSR count). The first-order valence-corrected chi connectivity index (χ1v) is 6.25. The molecule has 1 aromatic carbocycles. The lowest BCUT2D eigenvalue weighted by molar-refractivity contribution is 0.0948. The van der Waals surface area contributed by atoms with Gasteiger partial charge >= 0.3 is 5.63 Å². The minimum atomic E-state index is -0.504. The average molecular weight is 283 g/mol. The number of aliphatic hydroxyl groups is 1. The van der Waals surface area contributed by atoms with E-state index in [4.69, 9.17) is 5.11 Å². The molecule has 0 fully saturated rings. The molecule has 106 valence electrons. The minimum absolute atomic E-state index is 0.219. The Morgan fingerprint density at radius 2 is 2.05 bits per heavy atom. The van der Waals surface area contributed by atoms with Gasteiger partial charge in [0, 0.05) is 18.2 Å². The molecule has 0 saturated heterocycles. The summed E-state index contributed by atoms with van der Waals surface area (Å²) in [5.74, 6) is 5.05. The molecule has 0 atom stereocenters. The van der Waals surface area contributed by atoms with Crippen LogP contribution in [0.1, 0.15) is 21.5 Å². The van der Waals surface area contributed by atoms with Gasteiger partial charge in [-0.15, -0.1) is 0 Å². The molecule has 1 amide bonds. The Morgan fingerprint density at radius 1 is 1.24 bits per heavy atom. The van der Waals surface area contributed by atoms with Crippen molar-refractivity contribution >= 4 is 5.91 Å². The smallest absolute Gasteiger partial charge is 0.335 e. The Bertz CT molecular complexity index is 732. The van der Waals surface area contributed by atoms with Gasteiger partial charge in [-0.3, -0.25) is 4.79 Å². The van der Waals surface area contributed by atoms with E-state index in [0.717, 1.165) is 17.4 Å². The van der Waals surface area contributed by atoms with Crippen molar-refractivity contribution in [2.75, 3.05) is 6.61 Å². The number of carbonyl (C=O) groups excluding carboxylic acids is 1. The van der Waals surface area contributed by atoms with Crippen molar-refractivity contribution in [2.45, 2.75) is 6.54 Å². The van der Waals surface area contributed by atoms with E-state index in [1.54, 1.807) is 0 Å². The molecule has 1 aromatic heterocycles. The van der Waals surface area contributed by atoms with Crippen molar-refractivity contribution in [3.05, 3.63) is 69.8 Å². The van der Waals surface area contributed by atoms with E-state index in [0.29, 0.717) is 0 Å². The van der Waals surface area contributed by atoms with Gasteiger partial charge in [0.15, 0.2) is 0 Å². The van der Waals surface area contributed by atoms with Gasteiger partial charge in [0.05, 0.1) is 5.56 Å². The maximum absolute atomic E-state index is 11.9. The standard InChI is InChI=1S/C16H13NO4/c18-9-3-6-12-4-1-2-5-13(12)10-17-16(20)14-7-8-15(19)21-11-14/h1-2,4-5,7-8,11,18H,9-10H2,(H,17,20). The molecular formula is C16H13NO4. The van der Waals surface area contributed by atoms with Crippen molar-refractivity contribution in [1.82, 2.24) is 5.32 Å². The fraction of sp³-hybridized carbons (Fsp3) is 0.125. The second-order valence-electron chi connectivity index (χ2n) is 4.14. The van der Waals surface area contributed by atoms with Crippen molar-refractivity contribution in [3.8, 4) is 11.8 Å². The van der Waals surface area contributed by atoms with E-state index in [1.807, 2.05) is 24.3 Å². The molecule has 21 heavy (non-hydrogen) atoms. The number of hydrogen-bond donors (Lipinski definition) is 2. The summed E-state index contributed by atoms with van der Waals surface area (Å²) < 4.78 is 4.64. The van der Waals surface area contributed by atoms with Crippen LogP contribution in [0.25, 0.3) is 0 Å². The zero-order valence-corrected chi connectivity index (χ0v) is 11.1. The SMILES string of the molecule is O=C(NCc1ccccc1C#CCO)c1ccc(=O)oc1. The van der Waals surface area contributed by atoms with Crippen LogP contribution in [0.15, 0.2) is 51.9 Å². The maximum atomic E-state index is 11.9. The van der Waals surface area contributed by atoms with E-state index >= 15 is 0 Å². The van der Waals surface area contributed by atoms with Gasteiger partial charge in [0.1, 0.15) is 12.9 Å². The van der Waals surface area contributed by atoms with Crippen LogP contribution >= 0.6 is 0 Å². The molecule has 0 aliphatic heterocycles. The van der Waals surface area contributed by atoms with E-state index in [1.165, 1.54) is 12.1 Å². The quantitative estimate of drug-likeness (QED) is 0.821. The van der Waals surface area contributed by atoms with Crippen molar-refractivity contribution < 1.29 is 14.3 Å². The molecule has 0 unspecified atom stereocenters. The molecule has 0 radical (unpaired) electrons. The highest BCUT2D eigenvalue weighted by molar-refractivity contribution is 5.93. The summed E-state index contributed by atoms with van der Waals surface area (Å²) >= 11 is 0. The van der Waals surface area contributed by atoms with Gasteiger partial charge in [-0.05, 0) is 17.7 Å². The van der Waals surface area contributed by atoms with Gasteiger partial charge in [-0.2, -0.15) is 0 Å². The normalized spacial score (nSPS) is 9.57.